The zero-order valence-corrected chi connectivity index (χ0v) is 44.5. The molecule has 0 radical (unpaired) electrons. The van der Waals surface area contributed by atoms with Crippen molar-refractivity contribution >= 4 is 64.5 Å². The fourth-order valence-corrected chi connectivity index (χ4v) is 8.05. The van der Waals surface area contributed by atoms with E-state index < -0.39 is 47.5 Å². The van der Waals surface area contributed by atoms with Crippen molar-refractivity contribution in [3.05, 3.63) is 215 Å². The van der Waals surface area contributed by atoms with Crippen molar-refractivity contribution in [1.82, 2.24) is 10.6 Å². The number of carboxylic acid groups (broad SMARTS) is 1. The highest BCUT2D eigenvalue weighted by Gasteiger charge is 2.26. The lowest BCUT2D eigenvalue weighted by Crippen LogP contribution is -2.44. The van der Waals surface area contributed by atoms with Crippen LogP contribution in [-0.4, -0.2) is 62.8 Å². The van der Waals surface area contributed by atoms with Gasteiger partial charge in [0.1, 0.15) is 23.3 Å². The normalized spacial score (nSPS) is 11.9. The number of aliphatic carboxylic acids is 1. The molecule has 5 N–H and O–H groups in total. The Hall–Kier alpha value is -6.32. The molecule has 0 aliphatic carbocycles. The topological polar surface area (TPSA) is 174 Å². The third-order valence-electron chi connectivity index (χ3n) is 9.60. The molecule has 72 heavy (non-hydrogen) atoms. The summed E-state index contributed by atoms with van der Waals surface area (Å²) in [7, 11) is 0. The predicted octanol–water partition coefficient (Wildman–Crippen LogP) is 11.9. The van der Waals surface area contributed by atoms with Crippen LogP contribution in [0.3, 0.4) is 0 Å². The van der Waals surface area contributed by atoms with Gasteiger partial charge in [0.05, 0.1) is 6.04 Å². The zero-order chi connectivity index (χ0) is 52.8. The molecule has 0 aromatic heterocycles. The van der Waals surface area contributed by atoms with Crippen LogP contribution in [0.5, 0.6) is 0 Å². The minimum absolute atomic E-state index is 0.0488. The number of nitrogens with one attached hydrogen (secondary N) is 2. The lowest BCUT2D eigenvalue weighted by molar-refractivity contribution is -0.139. The van der Waals surface area contributed by atoms with Crippen LogP contribution in [-0.2, 0) is 60.4 Å². The van der Waals surface area contributed by atoms with E-state index >= 15 is 0 Å². The maximum Gasteiger partial charge on any atom is 0.408 e. The van der Waals surface area contributed by atoms with Gasteiger partial charge in [-0.15, -0.1) is 0 Å². The molecule has 3 atom stereocenters. The lowest BCUT2D eigenvalue weighted by atomic mass is 10.1. The standard InChI is InChI=1S/C21H25NO3S.C16H17NOS.C14H19NO4.C7H8S/c1-21(2,3)25-20(24)22-18(14-16-10-6-4-7-11-16)19(23)26-15-17-12-8-5-9-13-17;17-15(11-13-7-3-1-4-8-13)16(18)19-12-14-9-5-2-6-10-14;1-14(2,3)19-13(18)15-11(12(16)17)9-10-7-5-4-6-8-10;8-6-7-4-2-1-3-5-7/h4-13,18H,14-15H2,1-3H3,(H,22,24);1-10,15H,11-12,17H2;4-8,11H,9H2,1-3H3,(H,15,18)(H,16,17);1-5,8H,6H2. The first-order chi connectivity index (χ1) is 34.3. The second-order valence-electron chi connectivity index (χ2n) is 18.2. The number of carboxylic acids is 1. The Labute approximate surface area is 439 Å². The van der Waals surface area contributed by atoms with Gasteiger partial charge in [0.15, 0.2) is 0 Å². The molecule has 0 bridgehead atoms. The van der Waals surface area contributed by atoms with Gasteiger partial charge in [-0.25, -0.2) is 14.4 Å². The van der Waals surface area contributed by atoms with Gasteiger partial charge in [-0.3, -0.25) is 9.59 Å². The van der Waals surface area contributed by atoms with Gasteiger partial charge >= 0.3 is 18.2 Å². The highest BCUT2D eigenvalue weighted by atomic mass is 32.2. The predicted molar refractivity (Wildman–Crippen MR) is 297 cm³/mol. The Morgan fingerprint density at radius 1 is 0.472 bits per heavy atom. The van der Waals surface area contributed by atoms with Gasteiger partial charge in [-0.1, -0.05) is 206 Å². The minimum atomic E-state index is -1.09. The van der Waals surface area contributed by atoms with Gasteiger partial charge in [-0.2, -0.15) is 12.6 Å². The molecule has 6 aromatic rings. The van der Waals surface area contributed by atoms with Gasteiger partial charge in [0, 0.05) is 30.1 Å². The van der Waals surface area contributed by atoms with Gasteiger partial charge < -0.3 is 30.9 Å². The number of hydrogen-bond acceptors (Lipinski definition) is 11. The maximum absolute atomic E-state index is 12.7. The van der Waals surface area contributed by atoms with E-state index in [1.54, 1.807) is 41.5 Å². The molecule has 11 nitrogen and oxygen atoms in total. The SMILES string of the molecule is CC(C)(C)OC(=O)NC(Cc1ccccc1)C(=O)O.CC(C)(C)OC(=O)NC(Cc1ccccc1)C(=O)SCc1ccccc1.NC(Cc1ccccc1)C(=O)SCc1ccccc1.SCc1ccccc1. The van der Waals surface area contributed by atoms with E-state index in [2.05, 4.69) is 35.4 Å². The summed E-state index contributed by atoms with van der Waals surface area (Å²) in [5.74, 6) is 0.999. The van der Waals surface area contributed by atoms with E-state index in [9.17, 15) is 24.0 Å². The molecule has 0 saturated heterocycles. The monoisotopic (exact) mass is 1030 g/mol. The van der Waals surface area contributed by atoms with Crippen molar-refractivity contribution in [3.8, 4) is 0 Å². The van der Waals surface area contributed by atoms with Crippen LogP contribution in [0.2, 0.25) is 0 Å². The molecule has 6 aromatic carbocycles. The first-order valence-corrected chi connectivity index (χ1v) is 26.1. The number of nitrogens with two attached hydrogens (primary N) is 1. The third-order valence-corrected chi connectivity index (χ3v) is 12.1. The van der Waals surface area contributed by atoms with E-state index in [1.807, 2.05) is 170 Å². The zero-order valence-electron chi connectivity index (χ0n) is 41.9. The summed E-state index contributed by atoms with van der Waals surface area (Å²) in [5.41, 5.74) is 11.1. The van der Waals surface area contributed by atoms with Crippen LogP contribution in [0.25, 0.3) is 0 Å². The number of benzene rings is 6. The summed E-state index contributed by atoms with van der Waals surface area (Å²) in [4.78, 5) is 59.5. The van der Waals surface area contributed by atoms with Crippen molar-refractivity contribution in [3.63, 3.8) is 0 Å². The molecule has 382 valence electrons. The number of carbonyl (C=O) groups is 5. The minimum Gasteiger partial charge on any atom is -0.480 e. The summed E-state index contributed by atoms with van der Waals surface area (Å²) in [6.45, 7) is 10.6. The second kappa shape index (κ2) is 32.6. The lowest BCUT2D eigenvalue weighted by Gasteiger charge is -2.23. The van der Waals surface area contributed by atoms with E-state index in [4.69, 9.17) is 20.3 Å². The number of carbonyl (C=O) groups excluding carboxylic acids is 4. The number of ether oxygens (including phenoxy) is 2. The van der Waals surface area contributed by atoms with Crippen LogP contribution < -0.4 is 16.4 Å². The highest BCUT2D eigenvalue weighted by Crippen LogP contribution is 2.19. The number of amides is 2. The first-order valence-electron chi connectivity index (χ1n) is 23.4. The summed E-state index contributed by atoms with van der Waals surface area (Å²) < 4.78 is 10.4. The molecule has 14 heteroatoms. The van der Waals surface area contributed by atoms with Crippen molar-refractivity contribution in [2.75, 3.05) is 0 Å². The first kappa shape index (κ1) is 60.0. The van der Waals surface area contributed by atoms with Gasteiger partial charge in [-0.05, 0) is 81.3 Å². The number of hydrogen-bond donors (Lipinski definition) is 5. The second-order valence-corrected chi connectivity index (χ2v) is 20.5. The summed E-state index contributed by atoms with van der Waals surface area (Å²) in [5, 5.41) is 14.2. The van der Waals surface area contributed by atoms with Crippen molar-refractivity contribution < 1.29 is 38.6 Å². The number of thiol groups is 1. The Bertz CT molecular complexity index is 2480. The Morgan fingerprint density at radius 3 is 1.08 bits per heavy atom. The number of alkyl carbamates (subject to hydrolysis) is 2. The van der Waals surface area contributed by atoms with Crippen LogP contribution in [0.1, 0.15) is 74.9 Å². The van der Waals surface area contributed by atoms with Gasteiger partial charge in [0.25, 0.3) is 0 Å². The fourth-order valence-electron chi connectivity index (χ4n) is 6.19. The molecule has 0 spiro atoms. The highest BCUT2D eigenvalue weighted by molar-refractivity contribution is 8.13. The molecule has 0 aliphatic rings. The largest absolute Gasteiger partial charge is 0.480 e. The molecule has 3 unspecified atom stereocenters. The quantitative estimate of drug-likeness (QED) is 0.0584. The van der Waals surface area contributed by atoms with E-state index in [0.717, 1.165) is 33.6 Å². The van der Waals surface area contributed by atoms with E-state index in [1.165, 1.54) is 29.1 Å². The maximum atomic E-state index is 12.7. The molecular formula is C58H69N3O8S3. The Balaban J connectivity index is 0.000000268. The van der Waals surface area contributed by atoms with Gasteiger partial charge in [0.2, 0.25) is 10.2 Å². The summed E-state index contributed by atoms with van der Waals surface area (Å²) >= 11 is 6.61. The fraction of sp³-hybridized carbons (Fsp3) is 0.293. The van der Waals surface area contributed by atoms with Crippen molar-refractivity contribution in [2.45, 2.75) is 107 Å². The van der Waals surface area contributed by atoms with Crippen LogP contribution >= 0.6 is 36.2 Å². The van der Waals surface area contributed by atoms with Crippen LogP contribution in [0.15, 0.2) is 182 Å². The number of thioether (sulfide) groups is 2. The summed E-state index contributed by atoms with van der Waals surface area (Å²) in [6, 6.07) is 56.5. The summed E-state index contributed by atoms with van der Waals surface area (Å²) in [6.07, 6.45) is -0.0552. The average Bonchev–Trinajstić information content (AvgIpc) is 3.35. The Kier molecular flexibility index (Phi) is 27.2. The van der Waals surface area contributed by atoms with Crippen LogP contribution in [0.4, 0.5) is 9.59 Å². The molecule has 6 rings (SSSR count). The molecule has 0 fully saturated rings. The molecule has 0 heterocycles. The number of rotatable bonds is 16. The van der Waals surface area contributed by atoms with Crippen molar-refractivity contribution in [1.29, 1.82) is 0 Å². The molecular weight excluding hydrogens is 963 g/mol. The molecule has 2 amide bonds. The van der Waals surface area contributed by atoms with E-state index in [-0.39, 0.29) is 16.7 Å². The average molecular weight is 1030 g/mol. The third kappa shape index (κ3) is 27.3. The Morgan fingerprint density at radius 2 is 0.764 bits per heavy atom. The molecule has 0 aliphatic heterocycles. The van der Waals surface area contributed by atoms with Crippen molar-refractivity contribution in [2.24, 2.45) is 5.73 Å². The molecule has 0 saturated carbocycles. The van der Waals surface area contributed by atoms with E-state index in [0.29, 0.717) is 24.3 Å². The smallest absolute Gasteiger partial charge is 0.408 e. The van der Waals surface area contributed by atoms with Crippen LogP contribution in [0, 0.1) is 0 Å².